The zero-order chi connectivity index (χ0) is 16.0. The molecule has 1 rings (SSSR count). The average Bonchev–Trinajstić information content (AvgIpc) is 2.38. The molecule has 0 aliphatic heterocycles. The molecule has 1 aromatic rings. The third kappa shape index (κ3) is 5.33. The summed E-state index contributed by atoms with van der Waals surface area (Å²) in [6.07, 6.45) is -4.43. The van der Waals surface area contributed by atoms with Gasteiger partial charge in [-0.3, -0.25) is 4.79 Å². The smallest absolute Gasteiger partial charge is 0.416 e. The van der Waals surface area contributed by atoms with E-state index >= 15 is 0 Å². The molecule has 5 nitrogen and oxygen atoms in total. The Morgan fingerprint density at radius 2 is 1.81 bits per heavy atom. The van der Waals surface area contributed by atoms with Crippen LogP contribution in [0.15, 0.2) is 24.3 Å². The number of benzene rings is 1. The van der Waals surface area contributed by atoms with E-state index in [1.54, 1.807) is 6.92 Å². The number of rotatable bonds is 4. The number of alkyl halides is 3. The van der Waals surface area contributed by atoms with Crippen LogP contribution in [0, 0.1) is 0 Å². The predicted molar refractivity (Wildman–Crippen MR) is 69.7 cm³/mol. The summed E-state index contributed by atoms with van der Waals surface area (Å²) < 4.78 is 41.8. The Labute approximate surface area is 119 Å². The molecule has 0 atom stereocenters. The second-order valence-electron chi connectivity index (χ2n) is 4.17. The molecule has 0 heterocycles. The number of anilines is 1. The highest BCUT2D eigenvalue weighted by atomic mass is 19.4. The fourth-order valence-electron chi connectivity index (χ4n) is 1.43. The number of hydrogen-bond acceptors (Lipinski definition) is 3. The normalized spacial score (nSPS) is 10.9. The topological polar surface area (TPSA) is 58.6 Å². The number of amides is 2. The van der Waals surface area contributed by atoms with Crippen LogP contribution >= 0.6 is 0 Å². The highest BCUT2D eigenvalue weighted by Crippen LogP contribution is 2.29. The Hall–Kier alpha value is -2.25. The summed E-state index contributed by atoms with van der Waals surface area (Å²) in [5.74, 6) is -0.567. The largest absolute Gasteiger partial charge is 0.465 e. The van der Waals surface area contributed by atoms with Crippen LogP contribution in [-0.2, 0) is 15.7 Å². The molecule has 0 aromatic heterocycles. The molecule has 0 fully saturated rings. The van der Waals surface area contributed by atoms with Crippen molar-refractivity contribution in [1.82, 2.24) is 4.90 Å². The summed E-state index contributed by atoms with van der Waals surface area (Å²) in [7, 11) is 1.37. The van der Waals surface area contributed by atoms with Gasteiger partial charge in [-0.2, -0.15) is 13.2 Å². The van der Waals surface area contributed by atoms with Crippen LogP contribution < -0.4 is 5.32 Å². The number of likely N-dealkylation sites (N-methyl/N-ethyl adjacent to an activating group) is 1. The zero-order valence-electron chi connectivity index (χ0n) is 11.5. The van der Waals surface area contributed by atoms with Crippen LogP contribution in [0.1, 0.15) is 12.5 Å². The minimum atomic E-state index is -4.43. The van der Waals surface area contributed by atoms with Gasteiger partial charge in [0.25, 0.3) is 0 Å². The number of nitrogens with zero attached hydrogens (tertiary/aromatic N) is 1. The van der Waals surface area contributed by atoms with E-state index in [-0.39, 0.29) is 18.8 Å². The SMILES string of the molecule is CCOC(=O)CN(C)C(=O)Nc1ccc(C(F)(F)F)cc1. The van der Waals surface area contributed by atoms with E-state index in [1.165, 1.54) is 7.05 Å². The van der Waals surface area contributed by atoms with Crippen molar-refractivity contribution >= 4 is 17.7 Å². The Balaban J connectivity index is 2.60. The van der Waals surface area contributed by atoms with Gasteiger partial charge in [0.2, 0.25) is 0 Å². The van der Waals surface area contributed by atoms with Crippen molar-refractivity contribution in [2.75, 3.05) is 25.5 Å². The van der Waals surface area contributed by atoms with Gasteiger partial charge in [0.1, 0.15) is 6.54 Å². The Kier molecular flexibility index (Phi) is 5.57. The highest BCUT2D eigenvalue weighted by Gasteiger charge is 2.30. The molecule has 0 radical (unpaired) electrons. The van der Waals surface area contributed by atoms with Crippen molar-refractivity contribution in [3.63, 3.8) is 0 Å². The Morgan fingerprint density at radius 3 is 2.29 bits per heavy atom. The summed E-state index contributed by atoms with van der Waals surface area (Å²) in [5.41, 5.74) is -0.607. The van der Waals surface area contributed by atoms with Gasteiger partial charge in [-0.25, -0.2) is 4.79 Å². The summed E-state index contributed by atoms with van der Waals surface area (Å²) >= 11 is 0. The summed E-state index contributed by atoms with van der Waals surface area (Å²) in [6.45, 7) is 1.59. The molecule has 2 amide bonds. The van der Waals surface area contributed by atoms with E-state index in [0.29, 0.717) is 0 Å². The van der Waals surface area contributed by atoms with Crippen molar-refractivity contribution in [2.45, 2.75) is 13.1 Å². The Morgan fingerprint density at radius 1 is 1.24 bits per heavy atom. The van der Waals surface area contributed by atoms with Crippen molar-refractivity contribution in [3.05, 3.63) is 29.8 Å². The van der Waals surface area contributed by atoms with E-state index in [9.17, 15) is 22.8 Å². The molecule has 21 heavy (non-hydrogen) atoms. The molecule has 1 aromatic carbocycles. The van der Waals surface area contributed by atoms with Crippen LogP contribution in [0.2, 0.25) is 0 Å². The lowest BCUT2D eigenvalue weighted by Gasteiger charge is -2.17. The van der Waals surface area contributed by atoms with Gasteiger partial charge in [0, 0.05) is 12.7 Å². The fraction of sp³-hybridized carbons (Fsp3) is 0.385. The summed E-state index contributed by atoms with van der Waals surface area (Å²) in [5, 5.41) is 2.38. The van der Waals surface area contributed by atoms with Gasteiger partial charge < -0.3 is 15.0 Å². The first kappa shape index (κ1) is 16.8. The van der Waals surface area contributed by atoms with Crippen LogP contribution in [0.5, 0.6) is 0 Å². The third-order valence-electron chi connectivity index (χ3n) is 2.48. The van der Waals surface area contributed by atoms with Crippen LogP contribution in [0.4, 0.5) is 23.7 Å². The maximum Gasteiger partial charge on any atom is 0.416 e. The van der Waals surface area contributed by atoms with Gasteiger partial charge in [0.05, 0.1) is 12.2 Å². The number of ether oxygens (including phenoxy) is 1. The average molecular weight is 304 g/mol. The van der Waals surface area contributed by atoms with Crippen LogP contribution in [-0.4, -0.2) is 37.1 Å². The summed E-state index contributed by atoms with van der Waals surface area (Å²) in [4.78, 5) is 24.0. The van der Waals surface area contributed by atoms with Gasteiger partial charge in [-0.1, -0.05) is 0 Å². The third-order valence-corrected chi connectivity index (χ3v) is 2.48. The first-order valence-corrected chi connectivity index (χ1v) is 6.09. The van der Waals surface area contributed by atoms with Gasteiger partial charge >= 0.3 is 18.2 Å². The zero-order valence-corrected chi connectivity index (χ0v) is 11.5. The minimum Gasteiger partial charge on any atom is -0.465 e. The molecular formula is C13H15F3N2O3. The van der Waals surface area contributed by atoms with Gasteiger partial charge in [0.15, 0.2) is 0 Å². The molecule has 0 saturated carbocycles. The van der Waals surface area contributed by atoms with E-state index in [0.717, 1.165) is 29.2 Å². The first-order valence-electron chi connectivity index (χ1n) is 6.09. The number of urea groups is 1. The molecule has 0 spiro atoms. The van der Waals surface area contributed by atoms with E-state index in [2.05, 4.69) is 10.1 Å². The van der Waals surface area contributed by atoms with Crippen LogP contribution in [0.25, 0.3) is 0 Å². The first-order chi connectivity index (χ1) is 9.74. The second-order valence-corrected chi connectivity index (χ2v) is 4.17. The number of nitrogens with one attached hydrogen (secondary N) is 1. The molecule has 116 valence electrons. The lowest BCUT2D eigenvalue weighted by molar-refractivity contribution is -0.143. The number of halogens is 3. The van der Waals surface area contributed by atoms with E-state index in [4.69, 9.17) is 0 Å². The lowest BCUT2D eigenvalue weighted by Crippen LogP contribution is -2.36. The molecule has 8 heteroatoms. The fourth-order valence-corrected chi connectivity index (χ4v) is 1.43. The maximum absolute atomic E-state index is 12.4. The molecule has 0 aliphatic rings. The van der Waals surface area contributed by atoms with Crippen molar-refractivity contribution in [1.29, 1.82) is 0 Å². The molecular weight excluding hydrogens is 289 g/mol. The number of esters is 1. The monoisotopic (exact) mass is 304 g/mol. The summed E-state index contributed by atoms with van der Waals surface area (Å²) in [6, 6.07) is 3.38. The molecule has 0 bridgehead atoms. The van der Waals surface area contributed by atoms with Crippen molar-refractivity contribution in [3.8, 4) is 0 Å². The van der Waals surface area contributed by atoms with Gasteiger partial charge in [-0.05, 0) is 31.2 Å². The van der Waals surface area contributed by atoms with E-state index in [1.807, 2.05) is 0 Å². The van der Waals surface area contributed by atoms with Crippen molar-refractivity contribution < 1.29 is 27.5 Å². The minimum absolute atomic E-state index is 0.198. The predicted octanol–water partition coefficient (Wildman–Crippen LogP) is 2.73. The molecule has 0 aliphatic carbocycles. The highest BCUT2D eigenvalue weighted by molar-refractivity contribution is 5.91. The maximum atomic E-state index is 12.4. The molecule has 1 N–H and O–H groups in total. The molecule has 0 unspecified atom stereocenters. The number of carbonyl (C=O) groups excluding carboxylic acids is 2. The lowest BCUT2D eigenvalue weighted by atomic mass is 10.2. The molecule has 0 saturated heterocycles. The van der Waals surface area contributed by atoms with Crippen LogP contribution in [0.3, 0.4) is 0 Å². The number of hydrogen-bond donors (Lipinski definition) is 1. The van der Waals surface area contributed by atoms with Crippen molar-refractivity contribution in [2.24, 2.45) is 0 Å². The van der Waals surface area contributed by atoms with Gasteiger partial charge in [-0.15, -0.1) is 0 Å². The Bertz CT molecular complexity index is 500. The standard InChI is InChI=1S/C13H15F3N2O3/c1-3-21-11(19)8-18(2)12(20)17-10-6-4-9(5-7-10)13(14,15)16/h4-7H,3,8H2,1-2H3,(H,17,20). The quantitative estimate of drug-likeness (QED) is 0.870. The number of carbonyl (C=O) groups is 2. The van der Waals surface area contributed by atoms with E-state index < -0.39 is 23.7 Å². The second kappa shape index (κ2) is 6.96.